The van der Waals surface area contributed by atoms with Crippen LogP contribution in [-0.2, 0) is 22.5 Å². The van der Waals surface area contributed by atoms with Gasteiger partial charge >= 0.3 is 11.9 Å². The molecule has 0 amide bonds. The monoisotopic (exact) mass is 270 g/mol. The van der Waals surface area contributed by atoms with Crippen molar-refractivity contribution < 1.29 is 22.5 Å². The molecule has 0 heterocycles. The van der Waals surface area contributed by atoms with Crippen LogP contribution in [-0.4, -0.2) is 51.7 Å². The normalized spacial score (nSPS) is 17.6. The SMILES string of the molecule is C[SiH2]OC(O[SiH2]C)(O[SiH2]C)C(=O)O[SiH3]. The average molecular weight is 271 g/mol. The summed E-state index contributed by atoms with van der Waals surface area (Å²) in [7, 11) is -1.99. The second kappa shape index (κ2) is 7.50. The first-order valence-corrected chi connectivity index (χ1v) is 11.5. The molecule has 0 aromatic carbocycles. The van der Waals surface area contributed by atoms with Crippen LogP contribution in [0.5, 0.6) is 0 Å². The Labute approximate surface area is 94.2 Å². The highest BCUT2D eigenvalue weighted by atomic mass is 28.2. The van der Waals surface area contributed by atoms with E-state index in [1.54, 1.807) is 0 Å². The van der Waals surface area contributed by atoms with Crippen LogP contribution in [0.1, 0.15) is 0 Å². The molecule has 0 bridgehead atoms. The van der Waals surface area contributed by atoms with E-state index in [1.807, 2.05) is 19.6 Å². The molecular weight excluding hydrogens is 252 g/mol. The minimum Gasteiger partial charge on any atom is -0.523 e. The smallest absolute Gasteiger partial charge is 0.381 e. The first-order valence-electron chi connectivity index (χ1n) is 4.67. The highest BCUT2D eigenvalue weighted by Crippen LogP contribution is 2.15. The van der Waals surface area contributed by atoms with Gasteiger partial charge in [-0.15, -0.1) is 0 Å². The van der Waals surface area contributed by atoms with E-state index in [0.29, 0.717) is 10.5 Å². The molecule has 0 atom stereocenters. The maximum atomic E-state index is 11.5. The van der Waals surface area contributed by atoms with Crippen LogP contribution in [0.2, 0.25) is 19.6 Å². The van der Waals surface area contributed by atoms with Gasteiger partial charge in [0.15, 0.2) is 29.3 Å². The van der Waals surface area contributed by atoms with Crippen LogP contribution in [0.4, 0.5) is 0 Å². The third-order valence-electron chi connectivity index (χ3n) is 1.44. The van der Waals surface area contributed by atoms with Crippen molar-refractivity contribution in [2.45, 2.75) is 25.6 Å². The number of hydrogen-bond acceptors (Lipinski definition) is 5. The largest absolute Gasteiger partial charge is 0.523 e. The molecule has 0 unspecified atom stereocenters. The summed E-state index contributed by atoms with van der Waals surface area (Å²) >= 11 is 0. The van der Waals surface area contributed by atoms with Gasteiger partial charge in [-0.1, -0.05) is 19.6 Å². The molecule has 0 fully saturated rings. The number of rotatable bonds is 7. The fraction of sp³-hybridized carbons (Fsp3) is 0.800. The Hall–Kier alpha value is 0.218. The minimum atomic E-state index is -1.48. The highest BCUT2D eigenvalue weighted by molar-refractivity contribution is 6.29. The van der Waals surface area contributed by atoms with E-state index >= 15 is 0 Å². The van der Waals surface area contributed by atoms with Crippen molar-refractivity contribution in [1.82, 2.24) is 0 Å². The summed E-state index contributed by atoms with van der Waals surface area (Å²) in [6, 6.07) is 0. The van der Waals surface area contributed by atoms with Crippen LogP contribution >= 0.6 is 0 Å². The molecule has 0 aliphatic heterocycles. The summed E-state index contributed by atoms with van der Waals surface area (Å²) in [5.41, 5.74) is 0. The summed E-state index contributed by atoms with van der Waals surface area (Å²) < 4.78 is 20.9. The van der Waals surface area contributed by atoms with Gasteiger partial charge < -0.3 is 17.7 Å². The van der Waals surface area contributed by atoms with Gasteiger partial charge in [0, 0.05) is 0 Å². The van der Waals surface area contributed by atoms with Crippen molar-refractivity contribution in [3.05, 3.63) is 0 Å². The highest BCUT2D eigenvalue weighted by Gasteiger charge is 2.41. The molecule has 9 heteroatoms. The maximum Gasteiger partial charge on any atom is 0.381 e. The molecule has 0 spiro atoms. The fourth-order valence-corrected chi connectivity index (χ4v) is 3.74. The van der Waals surface area contributed by atoms with Gasteiger partial charge in [0.1, 0.15) is 0 Å². The first-order chi connectivity index (χ1) is 6.66. The predicted molar refractivity (Wildman–Crippen MR) is 65.2 cm³/mol. The lowest BCUT2D eigenvalue weighted by molar-refractivity contribution is -0.254. The maximum absolute atomic E-state index is 11.5. The van der Waals surface area contributed by atoms with Crippen molar-refractivity contribution >= 4 is 45.7 Å². The third kappa shape index (κ3) is 3.76. The number of hydrogen-bond donors (Lipinski definition) is 0. The summed E-state index contributed by atoms with van der Waals surface area (Å²) in [4.78, 5) is 11.5. The van der Waals surface area contributed by atoms with E-state index < -0.39 is 41.2 Å². The van der Waals surface area contributed by atoms with Gasteiger partial charge in [-0.2, -0.15) is 0 Å². The summed E-state index contributed by atoms with van der Waals surface area (Å²) in [6.45, 7) is 5.78. The van der Waals surface area contributed by atoms with Crippen molar-refractivity contribution in [1.29, 1.82) is 0 Å². The van der Waals surface area contributed by atoms with Crippen molar-refractivity contribution in [2.24, 2.45) is 0 Å². The Balaban J connectivity index is 4.62. The summed E-state index contributed by atoms with van der Waals surface area (Å²) in [5, 5.41) is 0. The lowest BCUT2D eigenvalue weighted by atomic mass is 10.6. The van der Waals surface area contributed by atoms with Crippen molar-refractivity contribution in [3.63, 3.8) is 0 Å². The molecule has 0 radical (unpaired) electrons. The molecule has 0 aromatic heterocycles. The topological polar surface area (TPSA) is 54.0 Å². The molecule has 0 aromatic rings. The van der Waals surface area contributed by atoms with Gasteiger partial charge in [-0.25, -0.2) is 4.79 Å². The second-order valence-corrected chi connectivity index (χ2v) is 5.35. The minimum absolute atomic E-state index is 0.332. The zero-order valence-corrected chi connectivity index (χ0v) is 15.4. The number of carbonyl (C=O) groups is 1. The van der Waals surface area contributed by atoms with Crippen LogP contribution in [0.15, 0.2) is 0 Å². The molecule has 0 aliphatic carbocycles. The standard InChI is InChI=1S/C5H18O5Si4/c1-12-8-5(9-13-2,10-14-3)4(6)7-11/h12-14H2,1-3,11H3. The molecule has 5 nitrogen and oxygen atoms in total. The molecule has 0 aliphatic rings. The van der Waals surface area contributed by atoms with E-state index in [4.69, 9.17) is 17.7 Å². The van der Waals surface area contributed by atoms with E-state index in [9.17, 15) is 4.79 Å². The Morgan fingerprint density at radius 3 is 1.64 bits per heavy atom. The molecule has 0 N–H and O–H groups in total. The first kappa shape index (κ1) is 14.2. The Bertz CT molecular complexity index is 160. The van der Waals surface area contributed by atoms with Gasteiger partial charge in [-0.3, -0.25) is 0 Å². The van der Waals surface area contributed by atoms with Crippen LogP contribution in [0, 0.1) is 0 Å². The van der Waals surface area contributed by atoms with Gasteiger partial charge in [0.05, 0.1) is 0 Å². The summed E-state index contributed by atoms with van der Waals surface area (Å²) in [6.07, 6.45) is 0. The van der Waals surface area contributed by atoms with Crippen LogP contribution < -0.4 is 0 Å². The third-order valence-corrected chi connectivity index (χ3v) is 3.82. The Kier molecular flexibility index (Phi) is 7.62. The average Bonchev–Trinajstić information content (AvgIpc) is 2.17. The number of carbonyl (C=O) groups excluding carboxylic acids is 1. The molecule has 0 saturated carbocycles. The zero-order valence-electron chi connectivity index (χ0n) is 9.16. The second-order valence-electron chi connectivity index (χ2n) is 2.35. The molecule has 0 saturated heterocycles. The Morgan fingerprint density at radius 2 is 1.43 bits per heavy atom. The molecule has 14 heavy (non-hydrogen) atoms. The van der Waals surface area contributed by atoms with Crippen LogP contribution in [0.25, 0.3) is 0 Å². The van der Waals surface area contributed by atoms with Gasteiger partial charge in [0.2, 0.25) is 10.5 Å². The van der Waals surface area contributed by atoms with E-state index in [-0.39, 0.29) is 0 Å². The van der Waals surface area contributed by atoms with Gasteiger partial charge in [0.25, 0.3) is 0 Å². The van der Waals surface area contributed by atoms with E-state index in [1.165, 1.54) is 0 Å². The van der Waals surface area contributed by atoms with Gasteiger partial charge in [-0.05, 0) is 0 Å². The van der Waals surface area contributed by atoms with E-state index in [0.717, 1.165) is 0 Å². The van der Waals surface area contributed by atoms with E-state index in [2.05, 4.69) is 0 Å². The predicted octanol–water partition coefficient (Wildman–Crippen LogP) is -3.09. The molecular formula is C5H18O5Si4. The quantitative estimate of drug-likeness (QED) is 0.363. The van der Waals surface area contributed by atoms with Crippen molar-refractivity contribution in [2.75, 3.05) is 0 Å². The van der Waals surface area contributed by atoms with Crippen molar-refractivity contribution in [3.8, 4) is 0 Å². The van der Waals surface area contributed by atoms with Crippen LogP contribution in [0.3, 0.4) is 0 Å². The lowest BCUT2D eigenvalue weighted by Gasteiger charge is -2.30. The summed E-state index contributed by atoms with van der Waals surface area (Å²) in [5.74, 6) is -1.99. The molecule has 84 valence electrons. The fourth-order valence-electron chi connectivity index (χ4n) is 0.997. The lowest BCUT2D eigenvalue weighted by Crippen LogP contribution is -2.49. The zero-order chi connectivity index (χ0) is 11.0. The molecule has 0 rings (SSSR count). The Morgan fingerprint density at radius 1 is 1.07 bits per heavy atom.